The van der Waals surface area contributed by atoms with E-state index in [9.17, 15) is 9.59 Å². The molecule has 0 radical (unpaired) electrons. The normalized spacial score (nSPS) is 10.5. The lowest BCUT2D eigenvalue weighted by molar-refractivity contribution is 0.0681. The van der Waals surface area contributed by atoms with Gasteiger partial charge in [0.25, 0.3) is 0 Å². The van der Waals surface area contributed by atoms with Crippen molar-refractivity contribution in [2.45, 2.75) is 51.4 Å². The smallest absolute Gasteiger partial charge is 0.358 e. The van der Waals surface area contributed by atoms with Gasteiger partial charge < -0.3 is 14.9 Å². The molecule has 2 N–H and O–H groups in total. The molecule has 0 aliphatic heterocycles. The molecule has 0 aromatic carbocycles. The first-order chi connectivity index (χ1) is 11.6. The first-order valence-electron chi connectivity index (χ1n) is 8.27. The number of hydrogen-bond donors (Lipinski definition) is 3. The average molecular weight is 355 g/mol. The molecule has 134 valence electrons. The highest BCUT2D eigenvalue weighted by Crippen LogP contribution is 2.18. The van der Waals surface area contributed by atoms with E-state index in [1.165, 1.54) is 44.2 Å². The van der Waals surface area contributed by atoms with Crippen molar-refractivity contribution < 1.29 is 24.5 Å². The highest BCUT2D eigenvalue weighted by molar-refractivity contribution is 7.80. The maximum absolute atomic E-state index is 11.1. The number of aromatic carboxylic acids is 2. The third-order valence-corrected chi connectivity index (χ3v) is 3.91. The van der Waals surface area contributed by atoms with Crippen LogP contribution in [0.3, 0.4) is 0 Å². The summed E-state index contributed by atoms with van der Waals surface area (Å²) in [4.78, 5) is 25.6. The fourth-order valence-corrected chi connectivity index (χ4v) is 2.52. The number of hydrogen-bond acceptors (Lipinski definition) is 5. The van der Waals surface area contributed by atoms with Gasteiger partial charge in [-0.05, 0) is 30.7 Å². The predicted molar refractivity (Wildman–Crippen MR) is 94.4 cm³/mol. The Labute approximate surface area is 147 Å². The van der Waals surface area contributed by atoms with Crippen molar-refractivity contribution in [2.75, 3.05) is 12.4 Å². The average Bonchev–Trinajstić information content (AvgIpc) is 2.56. The van der Waals surface area contributed by atoms with Gasteiger partial charge >= 0.3 is 11.9 Å². The van der Waals surface area contributed by atoms with Crippen LogP contribution in [0.4, 0.5) is 0 Å². The van der Waals surface area contributed by atoms with Gasteiger partial charge in [-0.15, -0.1) is 0 Å². The quantitative estimate of drug-likeness (QED) is 0.367. The second-order valence-corrected chi connectivity index (χ2v) is 6.00. The number of ether oxygens (including phenoxy) is 1. The second-order valence-electron chi connectivity index (χ2n) is 5.55. The van der Waals surface area contributed by atoms with Crippen molar-refractivity contribution in [2.24, 2.45) is 0 Å². The second kappa shape index (κ2) is 11.7. The van der Waals surface area contributed by atoms with E-state index in [0.717, 1.165) is 25.0 Å². The molecule has 0 atom stereocenters. The summed E-state index contributed by atoms with van der Waals surface area (Å²) in [6.45, 7) is 0.397. The number of carboxylic acids is 2. The lowest BCUT2D eigenvalue weighted by Crippen LogP contribution is -2.10. The van der Waals surface area contributed by atoms with Gasteiger partial charge in [0.15, 0.2) is 11.4 Å². The van der Waals surface area contributed by atoms with Gasteiger partial charge in [0.05, 0.1) is 6.61 Å². The third-order valence-electron chi connectivity index (χ3n) is 3.59. The van der Waals surface area contributed by atoms with Gasteiger partial charge in [-0.3, -0.25) is 0 Å². The van der Waals surface area contributed by atoms with E-state index >= 15 is 0 Å². The van der Waals surface area contributed by atoms with E-state index in [-0.39, 0.29) is 17.1 Å². The summed E-state index contributed by atoms with van der Waals surface area (Å²) in [7, 11) is 0. The van der Waals surface area contributed by atoms with Gasteiger partial charge in [0.2, 0.25) is 0 Å². The van der Waals surface area contributed by atoms with Crippen LogP contribution in [0.25, 0.3) is 0 Å². The molecule has 0 saturated heterocycles. The summed E-state index contributed by atoms with van der Waals surface area (Å²) in [5, 5.41) is 17.9. The number of aromatic nitrogens is 1. The van der Waals surface area contributed by atoms with E-state index in [1.54, 1.807) is 0 Å². The number of carbonyl (C=O) groups is 2. The van der Waals surface area contributed by atoms with Crippen molar-refractivity contribution in [1.29, 1.82) is 0 Å². The number of unbranched alkanes of at least 4 members (excludes halogenated alkanes) is 7. The Hall–Kier alpha value is -1.76. The number of nitrogens with zero attached hydrogens (tertiary/aromatic N) is 1. The standard InChI is InChI=1S/C17H25NO5S/c19-16(20)13-9-10-14(15(18-13)17(21)22)23-11-7-5-3-1-2-4-6-8-12-24/h9-10,24H,1-8,11-12H2,(H,19,20)(H,21,22). The Morgan fingerprint density at radius 1 is 0.917 bits per heavy atom. The molecule has 0 unspecified atom stereocenters. The molecular formula is C17H25NO5S. The van der Waals surface area contributed by atoms with Crippen molar-refractivity contribution >= 4 is 24.6 Å². The lowest BCUT2D eigenvalue weighted by Gasteiger charge is -2.09. The number of pyridine rings is 1. The Balaban J connectivity index is 2.27. The first kappa shape index (κ1) is 20.3. The SMILES string of the molecule is O=C(O)c1ccc(OCCCCCCCCCCS)c(C(=O)O)n1. The van der Waals surface area contributed by atoms with Crippen molar-refractivity contribution in [3.8, 4) is 5.75 Å². The molecule has 0 fully saturated rings. The summed E-state index contributed by atoms with van der Waals surface area (Å²) >= 11 is 4.18. The molecular weight excluding hydrogens is 330 g/mol. The van der Waals surface area contributed by atoms with Crippen LogP contribution in [0.1, 0.15) is 72.3 Å². The summed E-state index contributed by atoms with van der Waals surface area (Å²) in [6.07, 6.45) is 9.08. The van der Waals surface area contributed by atoms with E-state index in [0.29, 0.717) is 6.61 Å². The van der Waals surface area contributed by atoms with E-state index in [4.69, 9.17) is 14.9 Å². The van der Waals surface area contributed by atoms with Crippen molar-refractivity contribution in [3.63, 3.8) is 0 Å². The van der Waals surface area contributed by atoms with Crippen molar-refractivity contribution in [3.05, 3.63) is 23.5 Å². The number of thiol groups is 1. The zero-order valence-electron chi connectivity index (χ0n) is 13.7. The fourth-order valence-electron chi connectivity index (χ4n) is 2.29. The van der Waals surface area contributed by atoms with Gasteiger partial charge in [-0.1, -0.05) is 38.5 Å². The van der Waals surface area contributed by atoms with Crippen LogP contribution in [0.2, 0.25) is 0 Å². The third kappa shape index (κ3) is 7.68. The van der Waals surface area contributed by atoms with Crippen LogP contribution < -0.4 is 4.74 Å². The van der Waals surface area contributed by atoms with Gasteiger partial charge in [-0.25, -0.2) is 14.6 Å². The van der Waals surface area contributed by atoms with Crippen LogP contribution >= 0.6 is 12.6 Å². The zero-order valence-corrected chi connectivity index (χ0v) is 14.6. The zero-order chi connectivity index (χ0) is 17.8. The van der Waals surface area contributed by atoms with Crippen LogP contribution in [-0.2, 0) is 0 Å². The highest BCUT2D eigenvalue weighted by Gasteiger charge is 2.16. The van der Waals surface area contributed by atoms with Crippen LogP contribution in [0, 0.1) is 0 Å². The van der Waals surface area contributed by atoms with E-state index < -0.39 is 11.9 Å². The molecule has 0 bridgehead atoms. The topological polar surface area (TPSA) is 96.7 Å². The Morgan fingerprint density at radius 2 is 1.50 bits per heavy atom. The van der Waals surface area contributed by atoms with Crippen LogP contribution in [-0.4, -0.2) is 39.5 Å². The van der Waals surface area contributed by atoms with Crippen LogP contribution in [0.15, 0.2) is 12.1 Å². The largest absolute Gasteiger partial charge is 0.491 e. The molecule has 1 aromatic heterocycles. The van der Waals surface area contributed by atoms with Gasteiger partial charge in [0, 0.05) is 0 Å². The fraction of sp³-hybridized carbons (Fsp3) is 0.588. The molecule has 24 heavy (non-hydrogen) atoms. The van der Waals surface area contributed by atoms with Gasteiger partial charge in [-0.2, -0.15) is 12.6 Å². The molecule has 1 heterocycles. The first-order valence-corrected chi connectivity index (χ1v) is 8.90. The summed E-state index contributed by atoms with van der Waals surface area (Å²) in [6, 6.07) is 2.59. The maximum atomic E-state index is 11.1. The maximum Gasteiger partial charge on any atom is 0.358 e. The molecule has 0 saturated carbocycles. The predicted octanol–water partition coefficient (Wildman–Crippen LogP) is 3.91. The Morgan fingerprint density at radius 3 is 2.04 bits per heavy atom. The molecule has 0 amide bonds. The Bertz CT molecular complexity index is 536. The van der Waals surface area contributed by atoms with Gasteiger partial charge in [0.1, 0.15) is 5.69 Å². The summed E-state index contributed by atoms with van der Waals surface area (Å²) in [5.74, 6) is -1.50. The van der Waals surface area contributed by atoms with E-state index in [2.05, 4.69) is 17.6 Å². The minimum absolute atomic E-state index is 0.110. The van der Waals surface area contributed by atoms with Crippen LogP contribution in [0.5, 0.6) is 5.75 Å². The minimum Gasteiger partial charge on any atom is -0.491 e. The number of carboxylic acid groups (broad SMARTS) is 2. The molecule has 1 aromatic rings. The molecule has 0 aliphatic rings. The molecule has 1 rings (SSSR count). The summed E-state index contributed by atoms with van der Waals surface area (Å²) in [5.41, 5.74) is -0.670. The summed E-state index contributed by atoms with van der Waals surface area (Å²) < 4.78 is 5.45. The Kier molecular flexibility index (Phi) is 9.91. The molecule has 7 heteroatoms. The van der Waals surface area contributed by atoms with E-state index in [1.807, 2.05) is 0 Å². The molecule has 0 spiro atoms. The minimum atomic E-state index is -1.30. The number of rotatable bonds is 13. The molecule has 0 aliphatic carbocycles. The highest BCUT2D eigenvalue weighted by atomic mass is 32.1. The monoisotopic (exact) mass is 355 g/mol. The van der Waals surface area contributed by atoms with Crippen molar-refractivity contribution in [1.82, 2.24) is 4.98 Å². The molecule has 6 nitrogen and oxygen atoms in total. The lowest BCUT2D eigenvalue weighted by atomic mass is 10.1.